The van der Waals surface area contributed by atoms with Gasteiger partial charge in [-0.1, -0.05) is 30.3 Å². The molecule has 0 saturated heterocycles. The van der Waals surface area contributed by atoms with Crippen LogP contribution in [-0.4, -0.2) is 15.2 Å². The van der Waals surface area contributed by atoms with Gasteiger partial charge in [-0.2, -0.15) is 5.10 Å². The van der Waals surface area contributed by atoms with Crippen LogP contribution in [0.15, 0.2) is 60.8 Å². The summed E-state index contributed by atoms with van der Waals surface area (Å²) in [4.78, 5) is 4.82. The van der Waals surface area contributed by atoms with Crippen LogP contribution in [0.25, 0.3) is 43.5 Å². The normalized spacial score (nSPS) is 11.8. The van der Waals surface area contributed by atoms with Gasteiger partial charge in [0.15, 0.2) is 0 Å². The SMILES string of the molecule is c1ccc2c(c1)ccc1nc3ccc4[nH]ncc4c3cc12. The van der Waals surface area contributed by atoms with Gasteiger partial charge in [-0.05, 0) is 35.0 Å². The molecule has 5 aromatic rings. The molecular weight excluding hydrogens is 258 g/mol. The van der Waals surface area contributed by atoms with Crippen molar-refractivity contribution in [1.82, 2.24) is 15.2 Å². The van der Waals surface area contributed by atoms with Crippen LogP contribution in [0.3, 0.4) is 0 Å². The molecule has 0 saturated carbocycles. The fourth-order valence-electron chi connectivity index (χ4n) is 3.08. The van der Waals surface area contributed by atoms with Crippen LogP contribution in [-0.2, 0) is 0 Å². The molecule has 0 aliphatic rings. The third-order valence-corrected chi connectivity index (χ3v) is 4.12. The molecule has 0 atom stereocenters. The molecule has 0 unspecified atom stereocenters. The highest BCUT2D eigenvalue weighted by atomic mass is 15.1. The van der Waals surface area contributed by atoms with Crippen molar-refractivity contribution in [2.24, 2.45) is 0 Å². The quantitative estimate of drug-likeness (QED) is 0.334. The van der Waals surface area contributed by atoms with E-state index < -0.39 is 0 Å². The molecule has 2 aromatic heterocycles. The monoisotopic (exact) mass is 269 g/mol. The van der Waals surface area contributed by atoms with E-state index in [0.29, 0.717) is 0 Å². The van der Waals surface area contributed by atoms with Crippen LogP contribution in [0.4, 0.5) is 0 Å². The minimum Gasteiger partial charge on any atom is -0.278 e. The Hall–Kier alpha value is -2.94. The minimum atomic E-state index is 1.01. The number of pyridine rings is 1. The fourth-order valence-corrected chi connectivity index (χ4v) is 3.08. The summed E-state index contributed by atoms with van der Waals surface area (Å²) >= 11 is 0. The highest BCUT2D eigenvalue weighted by Gasteiger charge is 2.07. The number of nitrogens with zero attached hydrogens (tertiary/aromatic N) is 2. The Kier molecular flexibility index (Phi) is 1.95. The molecule has 0 aliphatic heterocycles. The van der Waals surface area contributed by atoms with Crippen LogP contribution < -0.4 is 0 Å². The van der Waals surface area contributed by atoms with Gasteiger partial charge in [-0.3, -0.25) is 5.10 Å². The summed E-state index contributed by atoms with van der Waals surface area (Å²) in [5.74, 6) is 0. The van der Waals surface area contributed by atoms with Gasteiger partial charge in [0, 0.05) is 16.2 Å². The summed E-state index contributed by atoms with van der Waals surface area (Å²) in [6.07, 6.45) is 1.87. The highest BCUT2D eigenvalue weighted by Crippen LogP contribution is 2.30. The van der Waals surface area contributed by atoms with Crippen molar-refractivity contribution in [3.8, 4) is 0 Å². The standard InChI is InChI=1S/C18H11N3/c1-2-4-12-11(3-1)5-6-16-13(12)9-14-15-10-19-21-18(15)8-7-17(14)20-16/h1-10H,(H,19,21). The lowest BCUT2D eigenvalue weighted by Crippen LogP contribution is -1.85. The molecular formula is C18H11N3. The lowest BCUT2D eigenvalue weighted by atomic mass is 10.0. The number of nitrogens with one attached hydrogen (secondary N) is 1. The number of hydrogen-bond acceptors (Lipinski definition) is 2. The molecule has 5 rings (SSSR count). The van der Waals surface area contributed by atoms with Crippen molar-refractivity contribution < 1.29 is 0 Å². The van der Waals surface area contributed by atoms with Gasteiger partial charge in [-0.25, -0.2) is 4.98 Å². The smallest absolute Gasteiger partial charge is 0.0717 e. The van der Waals surface area contributed by atoms with E-state index in [1.54, 1.807) is 0 Å². The summed E-state index contributed by atoms with van der Waals surface area (Å²) < 4.78 is 0. The average molecular weight is 269 g/mol. The molecule has 0 radical (unpaired) electrons. The molecule has 0 amide bonds. The predicted octanol–water partition coefficient (Wildman–Crippen LogP) is 4.42. The Morgan fingerprint density at radius 3 is 2.48 bits per heavy atom. The average Bonchev–Trinajstić information content (AvgIpc) is 3.02. The molecule has 98 valence electrons. The zero-order chi connectivity index (χ0) is 13.8. The summed E-state index contributed by atoms with van der Waals surface area (Å²) in [5, 5.41) is 13.1. The van der Waals surface area contributed by atoms with Crippen LogP contribution in [0.1, 0.15) is 0 Å². The Morgan fingerprint density at radius 1 is 0.714 bits per heavy atom. The van der Waals surface area contributed by atoms with E-state index in [-0.39, 0.29) is 0 Å². The van der Waals surface area contributed by atoms with E-state index in [4.69, 9.17) is 4.98 Å². The maximum atomic E-state index is 4.82. The van der Waals surface area contributed by atoms with Crippen molar-refractivity contribution >= 4 is 43.5 Å². The zero-order valence-electron chi connectivity index (χ0n) is 11.2. The third-order valence-electron chi connectivity index (χ3n) is 4.12. The van der Waals surface area contributed by atoms with Crippen LogP contribution >= 0.6 is 0 Å². The molecule has 0 fully saturated rings. The fraction of sp³-hybridized carbons (Fsp3) is 0. The molecule has 3 nitrogen and oxygen atoms in total. The van der Waals surface area contributed by atoms with Crippen LogP contribution in [0.2, 0.25) is 0 Å². The molecule has 3 aromatic carbocycles. The van der Waals surface area contributed by atoms with E-state index in [9.17, 15) is 0 Å². The third kappa shape index (κ3) is 1.43. The second kappa shape index (κ2) is 3.79. The summed E-state index contributed by atoms with van der Waals surface area (Å²) in [6, 6.07) is 19.0. The van der Waals surface area contributed by atoms with Crippen molar-refractivity contribution in [3.05, 3.63) is 60.8 Å². The second-order valence-corrected chi connectivity index (χ2v) is 5.31. The zero-order valence-corrected chi connectivity index (χ0v) is 11.2. The summed E-state index contributed by atoms with van der Waals surface area (Å²) in [5.41, 5.74) is 3.08. The number of aromatic nitrogens is 3. The number of H-pyrrole nitrogens is 1. The van der Waals surface area contributed by atoms with Gasteiger partial charge < -0.3 is 0 Å². The van der Waals surface area contributed by atoms with Gasteiger partial charge >= 0.3 is 0 Å². The largest absolute Gasteiger partial charge is 0.278 e. The number of benzene rings is 3. The summed E-state index contributed by atoms with van der Waals surface area (Å²) in [6.45, 7) is 0. The minimum absolute atomic E-state index is 1.01. The lowest BCUT2D eigenvalue weighted by molar-refractivity contribution is 1.12. The van der Waals surface area contributed by atoms with Gasteiger partial charge in [0.05, 0.1) is 22.7 Å². The van der Waals surface area contributed by atoms with E-state index >= 15 is 0 Å². The molecule has 1 N–H and O–H groups in total. The number of rotatable bonds is 0. The first-order valence-corrected chi connectivity index (χ1v) is 6.94. The Labute approximate surface area is 120 Å². The molecule has 0 bridgehead atoms. The van der Waals surface area contributed by atoms with Gasteiger partial charge in [-0.15, -0.1) is 0 Å². The Balaban J connectivity index is 2.07. The first-order valence-electron chi connectivity index (χ1n) is 6.94. The van der Waals surface area contributed by atoms with Crippen LogP contribution in [0.5, 0.6) is 0 Å². The Morgan fingerprint density at radius 2 is 1.52 bits per heavy atom. The van der Waals surface area contributed by atoms with Crippen molar-refractivity contribution in [3.63, 3.8) is 0 Å². The van der Waals surface area contributed by atoms with E-state index in [2.05, 4.69) is 52.7 Å². The van der Waals surface area contributed by atoms with E-state index in [1.165, 1.54) is 16.2 Å². The van der Waals surface area contributed by atoms with Crippen molar-refractivity contribution in [2.75, 3.05) is 0 Å². The van der Waals surface area contributed by atoms with Gasteiger partial charge in [0.2, 0.25) is 0 Å². The molecule has 0 aliphatic carbocycles. The van der Waals surface area contributed by atoms with Crippen molar-refractivity contribution in [1.29, 1.82) is 0 Å². The van der Waals surface area contributed by atoms with Gasteiger partial charge in [0.25, 0.3) is 0 Å². The van der Waals surface area contributed by atoms with E-state index in [0.717, 1.165) is 27.3 Å². The first kappa shape index (κ1) is 10.8. The maximum absolute atomic E-state index is 4.82. The first-order chi connectivity index (χ1) is 10.4. The lowest BCUT2D eigenvalue weighted by Gasteiger charge is -2.06. The number of fused-ring (bicyclic) bond motifs is 6. The number of aromatic amines is 1. The van der Waals surface area contributed by atoms with E-state index in [1.807, 2.05) is 18.3 Å². The molecule has 3 heteroatoms. The summed E-state index contributed by atoms with van der Waals surface area (Å²) in [7, 11) is 0. The maximum Gasteiger partial charge on any atom is 0.0717 e. The van der Waals surface area contributed by atoms with Crippen LogP contribution in [0, 0.1) is 0 Å². The number of hydrogen-bond donors (Lipinski definition) is 1. The van der Waals surface area contributed by atoms with Gasteiger partial charge in [0.1, 0.15) is 0 Å². The Bertz CT molecular complexity index is 1140. The van der Waals surface area contributed by atoms with Crippen molar-refractivity contribution in [2.45, 2.75) is 0 Å². The molecule has 2 heterocycles. The second-order valence-electron chi connectivity index (χ2n) is 5.31. The highest BCUT2D eigenvalue weighted by molar-refractivity contribution is 6.14. The predicted molar refractivity (Wildman–Crippen MR) is 86.4 cm³/mol. The topological polar surface area (TPSA) is 41.6 Å². The molecule has 0 spiro atoms. The molecule has 21 heavy (non-hydrogen) atoms.